The number of amides is 1. The number of carbonyl (C=O) groups excluding carboxylic acids is 2. The van der Waals surface area contributed by atoms with Crippen molar-refractivity contribution in [2.75, 3.05) is 13.2 Å². The number of carbonyl (C=O) groups is 2. The molecule has 1 aliphatic rings. The van der Waals surface area contributed by atoms with Crippen LogP contribution in [-0.2, 0) is 20.9 Å². The summed E-state index contributed by atoms with van der Waals surface area (Å²) < 4.78 is 18.0. The molecule has 1 atom stereocenters. The standard InChI is InChI=1S/C16H18ClFN2O3/c1-2-23-16(22)15(19)11-5-6-20(14(21)8-11)9-10-3-4-13(18)12(17)7-10/h3-4,7,11,19H,2,5-6,8-9H2,1H3. The maximum Gasteiger partial charge on any atom is 0.352 e. The summed E-state index contributed by atoms with van der Waals surface area (Å²) in [4.78, 5) is 25.4. The van der Waals surface area contributed by atoms with E-state index in [1.807, 2.05) is 0 Å². The van der Waals surface area contributed by atoms with Gasteiger partial charge in [0.1, 0.15) is 11.5 Å². The molecule has 1 fully saturated rings. The van der Waals surface area contributed by atoms with E-state index in [-0.39, 0.29) is 29.7 Å². The first-order valence-electron chi connectivity index (χ1n) is 7.39. The van der Waals surface area contributed by atoms with Gasteiger partial charge in [0.15, 0.2) is 0 Å². The summed E-state index contributed by atoms with van der Waals surface area (Å²) >= 11 is 5.74. The fourth-order valence-corrected chi connectivity index (χ4v) is 2.73. The van der Waals surface area contributed by atoms with Crippen molar-refractivity contribution in [1.82, 2.24) is 4.90 Å². The van der Waals surface area contributed by atoms with E-state index in [1.54, 1.807) is 17.9 Å². The first-order valence-corrected chi connectivity index (χ1v) is 7.77. The molecule has 0 spiro atoms. The first kappa shape index (κ1) is 17.4. The predicted molar refractivity (Wildman–Crippen MR) is 83.9 cm³/mol. The number of piperidine rings is 1. The lowest BCUT2D eigenvalue weighted by Gasteiger charge is -2.31. The zero-order chi connectivity index (χ0) is 17.0. The summed E-state index contributed by atoms with van der Waals surface area (Å²) in [5.41, 5.74) is 0.591. The van der Waals surface area contributed by atoms with E-state index in [9.17, 15) is 14.0 Å². The largest absolute Gasteiger partial charge is 0.462 e. The number of esters is 1. The summed E-state index contributed by atoms with van der Waals surface area (Å²) in [6, 6.07) is 4.35. The number of rotatable bonds is 5. The average molecular weight is 341 g/mol. The molecule has 1 saturated heterocycles. The van der Waals surface area contributed by atoms with Gasteiger partial charge in [-0.15, -0.1) is 0 Å². The van der Waals surface area contributed by atoms with E-state index in [4.69, 9.17) is 21.7 Å². The molecule has 124 valence electrons. The lowest BCUT2D eigenvalue weighted by molar-refractivity contribution is -0.136. The topological polar surface area (TPSA) is 70.5 Å². The van der Waals surface area contributed by atoms with Crippen molar-refractivity contribution in [3.63, 3.8) is 0 Å². The van der Waals surface area contributed by atoms with Gasteiger partial charge < -0.3 is 9.64 Å². The minimum absolute atomic E-state index is 0.0222. The van der Waals surface area contributed by atoms with Gasteiger partial charge >= 0.3 is 5.97 Å². The molecule has 1 aromatic rings. The molecular formula is C16H18ClFN2O3. The number of hydrogen-bond acceptors (Lipinski definition) is 4. The lowest BCUT2D eigenvalue weighted by atomic mass is 9.91. The van der Waals surface area contributed by atoms with Gasteiger partial charge in [-0.25, -0.2) is 9.18 Å². The fraction of sp³-hybridized carbons (Fsp3) is 0.438. The summed E-state index contributed by atoms with van der Waals surface area (Å²) in [5.74, 6) is -1.71. The van der Waals surface area contributed by atoms with Gasteiger partial charge in [0.2, 0.25) is 5.91 Å². The predicted octanol–water partition coefficient (Wildman–Crippen LogP) is 2.80. The van der Waals surface area contributed by atoms with Gasteiger partial charge in [0.05, 0.1) is 11.6 Å². The van der Waals surface area contributed by atoms with E-state index in [0.29, 0.717) is 19.5 Å². The van der Waals surface area contributed by atoms with Crippen LogP contribution in [-0.4, -0.2) is 35.6 Å². The number of nitrogens with zero attached hydrogens (tertiary/aromatic N) is 1. The van der Waals surface area contributed by atoms with Gasteiger partial charge in [-0.1, -0.05) is 17.7 Å². The first-order chi connectivity index (χ1) is 10.9. The second-order valence-corrected chi connectivity index (χ2v) is 5.79. The van der Waals surface area contributed by atoms with Crippen LogP contribution in [0.25, 0.3) is 0 Å². The molecule has 1 aromatic carbocycles. The third-order valence-electron chi connectivity index (χ3n) is 3.78. The number of hydrogen-bond donors (Lipinski definition) is 1. The number of benzene rings is 1. The van der Waals surface area contributed by atoms with Gasteiger partial charge in [-0.2, -0.15) is 0 Å². The van der Waals surface area contributed by atoms with Crippen molar-refractivity contribution >= 4 is 29.2 Å². The third kappa shape index (κ3) is 4.28. The van der Waals surface area contributed by atoms with Crippen LogP contribution >= 0.6 is 11.6 Å². The average Bonchev–Trinajstić information content (AvgIpc) is 2.52. The zero-order valence-electron chi connectivity index (χ0n) is 12.8. The smallest absolute Gasteiger partial charge is 0.352 e. The number of nitrogens with one attached hydrogen (secondary N) is 1. The number of ether oxygens (including phenoxy) is 1. The van der Waals surface area contributed by atoms with E-state index >= 15 is 0 Å². The summed E-state index contributed by atoms with van der Waals surface area (Å²) in [6.07, 6.45) is 0.630. The van der Waals surface area contributed by atoms with E-state index in [0.717, 1.165) is 5.56 Å². The molecule has 1 N–H and O–H groups in total. The fourth-order valence-electron chi connectivity index (χ4n) is 2.53. The Kier molecular flexibility index (Phi) is 5.71. The third-order valence-corrected chi connectivity index (χ3v) is 4.07. The molecule has 0 aromatic heterocycles. The highest BCUT2D eigenvalue weighted by Crippen LogP contribution is 2.23. The lowest BCUT2D eigenvalue weighted by Crippen LogP contribution is -2.42. The highest BCUT2D eigenvalue weighted by molar-refractivity contribution is 6.36. The quantitative estimate of drug-likeness (QED) is 0.662. The Labute approximate surface area is 138 Å². The van der Waals surface area contributed by atoms with Crippen molar-refractivity contribution in [3.8, 4) is 0 Å². The molecule has 0 bridgehead atoms. The molecule has 2 rings (SSSR count). The van der Waals surface area contributed by atoms with Crippen molar-refractivity contribution in [2.45, 2.75) is 26.3 Å². The van der Waals surface area contributed by atoms with Crippen LogP contribution in [0.4, 0.5) is 4.39 Å². The molecule has 1 heterocycles. The Morgan fingerprint density at radius 2 is 2.26 bits per heavy atom. The molecule has 0 aliphatic carbocycles. The zero-order valence-corrected chi connectivity index (χ0v) is 13.5. The normalized spacial score (nSPS) is 18.0. The minimum Gasteiger partial charge on any atom is -0.462 e. The summed E-state index contributed by atoms with van der Waals surface area (Å²) in [5, 5.41) is 7.84. The Hall–Kier alpha value is -1.95. The van der Waals surface area contributed by atoms with Crippen LogP contribution in [0, 0.1) is 17.1 Å². The molecule has 0 saturated carbocycles. The summed E-state index contributed by atoms with van der Waals surface area (Å²) in [6.45, 7) is 2.64. The maximum atomic E-state index is 13.2. The molecule has 5 nitrogen and oxygen atoms in total. The van der Waals surface area contributed by atoms with Crippen LogP contribution in [0.1, 0.15) is 25.3 Å². The molecular weight excluding hydrogens is 323 g/mol. The second-order valence-electron chi connectivity index (χ2n) is 5.39. The van der Waals surface area contributed by atoms with Crippen LogP contribution in [0.5, 0.6) is 0 Å². The number of halogens is 2. The van der Waals surface area contributed by atoms with Crippen molar-refractivity contribution in [3.05, 3.63) is 34.6 Å². The highest BCUT2D eigenvalue weighted by Gasteiger charge is 2.31. The Morgan fingerprint density at radius 3 is 2.87 bits per heavy atom. The van der Waals surface area contributed by atoms with Gasteiger partial charge in [-0.05, 0) is 31.0 Å². The SMILES string of the molecule is CCOC(=O)C(=N)C1CCN(Cc2ccc(F)c(Cl)c2)C(=O)C1. The van der Waals surface area contributed by atoms with Crippen molar-refractivity contribution < 1.29 is 18.7 Å². The van der Waals surface area contributed by atoms with Gasteiger partial charge in [0, 0.05) is 25.4 Å². The Bertz CT molecular complexity index is 636. The molecule has 1 amide bonds. The Balaban J connectivity index is 1.96. The number of likely N-dealkylation sites (tertiary alicyclic amines) is 1. The van der Waals surface area contributed by atoms with Crippen LogP contribution in [0.3, 0.4) is 0 Å². The van der Waals surface area contributed by atoms with E-state index < -0.39 is 17.7 Å². The van der Waals surface area contributed by atoms with Gasteiger partial charge in [-0.3, -0.25) is 10.2 Å². The second kappa shape index (κ2) is 7.55. The minimum atomic E-state index is -0.663. The van der Waals surface area contributed by atoms with Crippen molar-refractivity contribution in [2.24, 2.45) is 5.92 Å². The summed E-state index contributed by atoms with van der Waals surface area (Å²) in [7, 11) is 0. The molecule has 0 radical (unpaired) electrons. The molecule has 1 unspecified atom stereocenters. The molecule has 23 heavy (non-hydrogen) atoms. The van der Waals surface area contributed by atoms with Crippen LogP contribution < -0.4 is 0 Å². The molecule has 1 aliphatic heterocycles. The van der Waals surface area contributed by atoms with Gasteiger partial charge in [0.25, 0.3) is 0 Å². The molecule has 7 heteroatoms. The van der Waals surface area contributed by atoms with E-state index in [2.05, 4.69) is 0 Å². The van der Waals surface area contributed by atoms with E-state index in [1.165, 1.54) is 12.1 Å². The monoisotopic (exact) mass is 340 g/mol. The van der Waals surface area contributed by atoms with Crippen LogP contribution in [0.2, 0.25) is 5.02 Å². The van der Waals surface area contributed by atoms with Crippen LogP contribution in [0.15, 0.2) is 18.2 Å². The highest BCUT2D eigenvalue weighted by atomic mass is 35.5. The Morgan fingerprint density at radius 1 is 1.52 bits per heavy atom. The maximum absolute atomic E-state index is 13.2. The van der Waals surface area contributed by atoms with Crippen molar-refractivity contribution in [1.29, 1.82) is 5.41 Å².